The smallest absolute Gasteiger partial charge is 0.307 e. The molecule has 0 aromatic heterocycles. The maximum Gasteiger partial charge on any atom is 0.307 e. The zero-order valence-corrected chi connectivity index (χ0v) is 12.3. The van der Waals surface area contributed by atoms with E-state index in [1.807, 2.05) is 18.2 Å². The maximum absolute atomic E-state index is 11.1. The van der Waals surface area contributed by atoms with Crippen LogP contribution in [0.2, 0.25) is 0 Å². The van der Waals surface area contributed by atoms with Gasteiger partial charge in [0, 0.05) is 19.1 Å². The fourth-order valence-electron chi connectivity index (χ4n) is 2.23. The largest absolute Gasteiger partial charge is 0.481 e. The summed E-state index contributed by atoms with van der Waals surface area (Å²) in [7, 11) is 0. The van der Waals surface area contributed by atoms with Crippen molar-refractivity contribution < 1.29 is 9.90 Å². The monoisotopic (exact) mass is 263 g/mol. The molecule has 1 N–H and O–H groups in total. The summed E-state index contributed by atoms with van der Waals surface area (Å²) in [6.45, 7) is 9.74. The average molecular weight is 263 g/mol. The van der Waals surface area contributed by atoms with Crippen LogP contribution in [0.15, 0.2) is 30.3 Å². The van der Waals surface area contributed by atoms with E-state index in [9.17, 15) is 4.79 Å². The van der Waals surface area contributed by atoms with Crippen molar-refractivity contribution in [1.82, 2.24) is 4.90 Å². The van der Waals surface area contributed by atoms with Gasteiger partial charge in [-0.25, -0.2) is 0 Å². The van der Waals surface area contributed by atoms with E-state index in [0.717, 1.165) is 6.54 Å². The van der Waals surface area contributed by atoms with Crippen LogP contribution < -0.4 is 0 Å². The van der Waals surface area contributed by atoms with Crippen molar-refractivity contribution in [3.05, 3.63) is 35.9 Å². The highest BCUT2D eigenvalue weighted by Crippen LogP contribution is 2.22. The number of aliphatic carboxylic acids is 1. The minimum absolute atomic E-state index is 0.241. The lowest BCUT2D eigenvalue weighted by Gasteiger charge is -2.32. The Bertz CT molecular complexity index is 389. The highest BCUT2D eigenvalue weighted by Gasteiger charge is 2.22. The summed E-state index contributed by atoms with van der Waals surface area (Å²) in [6.07, 6.45) is 0. The normalized spacial score (nSPS) is 14.6. The van der Waals surface area contributed by atoms with Gasteiger partial charge in [0.05, 0.1) is 5.92 Å². The van der Waals surface area contributed by atoms with Crippen LogP contribution in [-0.4, -0.2) is 29.1 Å². The Hall–Kier alpha value is -1.35. The first kappa shape index (κ1) is 15.7. The van der Waals surface area contributed by atoms with Gasteiger partial charge in [-0.3, -0.25) is 9.69 Å². The summed E-state index contributed by atoms with van der Waals surface area (Å²) >= 11 is 0. The summed E-state index contributed by atoms with van der Waals surface area (Å²) in [4.78, 5) is 13.3. The first-order valence-corrected chi connectivity index (χ1v) is 6.93. The molecule has 19 heavy (non-hydrogen) atoms. The van der Waals surface area contributed by atoms with Crippen LogP contribution in [0, 0.1) is 11.8 Å². The van der Waals surface area contributed by atoms with E-state index in [2.05, 4.69) is 37.8 Å². The standard InChI is InChI=1S/C16H25NO2/c1-12(2)10-17(11-13(3)16(18)19)14(4)15-8-6-5-7-9-15/h5-9,12-14H,10-11H2,1-4H3,(H,18,19). The molecule has 2 unspecified atom stereocenters. The van der Waals surface area contributed by atoms with Crippen molar-refractivity contribution in [1.29, 1.82) is 0 Å². The second-order valence-corrected chi connectivity index (χ2v) is 5.67. The van der Waals surface area contributed by atoms with Crippen LogP contribution in [0.5, 0.6) is 0 Å². The first-order valence-electron chi connectivity index (χ1n) is 6.93. The molecule has 0 radical (unpaired) electrons. The van der Waals surface area contributed by atoms with Gasteiger partial charge < -0.3 is 5.11 Å². The van der Waals surface area contributed by atoms with E-state index in [4.69, 9.17) is 5.11 Å². The molecule has 106 valence electrons. The average Bonchev–Trinajstić information content (AvgIpc) is 2.37. The fraction of sp³-hybridized carbons (Fsp3) is 0.562. The maximum atomic E-state index is 11.1. The van der Waals surface area contributed by atoms with Crippen molar-refractivity contribution in [3.63, 3.8) is 0 Å². The van der Waals surface area contributed by atoms with E-state index in [1.54, 1.807) is 6.92 Å². The topological polar surface area (TPSA) is 40.5 Å². The number of nitrogens with zero attached hydrogens (tertiary/aromatic N) is 1. The Kier molecular flexibility index (Phi) is 6.03. The van der Waals surface area contributed by atoms with Crippen LogP contribution in [0.3, 0.4) is 0 Å². The molecular formula is C16H25NO2. The number of benzene rings is 1. The molecule has 3 heteroatoms. The fourth-order valence-corrected chi connectivity index (χ4v) is 2.23. The van der Waals surface area contributed by atoms with Crippen LogP contribution >= 0.6 is 0 Å². The second-order valence-electron chi connectivity index (χ2n) is 5.67. The summed E-state index contributed by atoms with van der Waals surface area (Å²) < 4.78 is 0. The van der Waals surface area contributed by atoms with Crippen molar-refractivity contribution in [3.8, 4) is 0 Å². The Morgan fingerprint density at radius 2 is 1.68 bits per heavy atom. The summed E-state index contributed by atoms with van der Waals surface area (Å²) in [5.41, 5.74) is 1.24. The molecule has 1 aromatic rings. The predicted octanol–water partition coefficient (Wildman–Crippen LogP) is 3.43. The van der Waals surface area contributed by atoms with E-state index < -0.39 is 5.97 Å². The number of carboxylic acid groups (broad SMARTS) is 1. The molecular weight excluding hydrogens is 238 g/mol. The van der Waals surface area contributed by atoms with Gasteiger partial charge in [0.25, 0.3) is 0 Å². The lowest BCUT2D eigenvalue weighted by Crippen LogP contribution is -2.36. The molecule has 0 aliphatic carbocycles. The Balaban J connectivity index is 2.81. The number of hydrogen-bond acceptors (Lipinski definition) is 2. The van der Waals surface area contributed by atoms with Crippen molar-refractivity contribution in [2.45, 2.75) is 33.7 Å². The van der Waals surface area contributed by atoms with Gasteiger partial charge in [-0.05, 0) is 18.4 Å². The van der Waals surface area contributed by atoms with Gasteiger partial charge in [0.15, 0.2) is 0 Å². The van der Waals surface area contributed by atoms with Gasteiger partial charge in [-0.15, -0.1) is 0 Å². The number of hydrogen-bond donors (Lipinski definition) is 1. The van der Waals surface area contributed by atoms with Gasteiger partial charge in [-0.1, -0.05) is 51.1 Å². The third kappa shape index (κ3) is 5.03. The molecule has 0 bridgehead atoms. The van der Waals surface area contributed by atoms with Gasteiger partial charge >= 0.3 is 5.97 Å². The minimum atomic E-state index is -0.728. The number of carbonyl (C=O) groups is 1. The van der Waals surface area contributed by atoms with Crippen LogP contribution in [-0.2, 0) is 4.79 Å². The van der Waals surface area contributed by atoms with Gasteiger partial charge in [0.2, 0.25) is 0 Å². The van der Waals surface area contributed by atoms with Crippen molar-refractivity contribution in [2.24, 2.45) is 11.8 Å². The lowest BCUT2D eigenvalue weighted by atomic mass is 10.0. The third-order valence-corrected chi connectivity index (χ3v) is 3.36. The Labute approximate surface area is 116 Å². The van der Waals surface area contributed by atoms with E-state index in [0.29, 0.717) is 12.5 Å². The Morgan fingerprint density at radius 3 is 2.16 bits per heavy atom. The summed E-state index contributed by atoms with van der Waals surface area (Å²) in [5.74, 6) is -0.550. The molecule has 0 heterocycles. The van der Waals surface area contributed by atoms with Crippen LogP contribution in [0.25, 0.3) is 0 Å². The van der Waals surface area contributed by atoms with Crippen LogP contribution in [0.4, 0.5) is 0 Å². The van der Waals surface area contributed by atoms with E-state index in [1.165, 1.54) is 5.56 Å². The molecule has 0 saturated heterocycles. The quantitative estimate of drug-likeness (QED) is 0.819. The molecule has 0 spiro atoms. The third-order valence-electron chi connectivity index (χ3n) is 3.36. The molecule has 3 nitrogen and oxygen atoms in total. The van der Waals surface area contributed by atoms with Gasteiger partial charge in [-0.2, -0.15) is 0 Å². The molecule has 0 amide bonds. The highest BCUT2D eigenvalue weighted by atomic mass is 16.4. The summed E-state index contributed by atoms with van der Waals surface area (Å²) in [5, 5.41) is 9.09. The van der Waals surface area contributed by atoms with E-state index >= 15 is 0 Å². The molecule has 0 saturated carbocycles. The molecule has 0 aliphatic rings. The van der Waals surface area contributed by atoms with Gasteiger partial charge in [0.1, 0.15) is 0 Å². The predicted molar refractivity (Wildman–Crippen MR) is 78.1 cm³/mol. The van der Waals surface area contributed by atoms with Crippen molar-refractivity contribution >= 4 is 5.97 Å². The zero-order valence-electron chi connectivity index (χ0n) is 12.3. The minimum Gasteiger partial charge on any atom is -0.481 e. The highest BCUT2D eigenvalue weighted by molar-refractivity contribution is 5.69. The number of carboxylic acids is 1. The molecule has 0 aliphatic heterocycles. The SMILES string of the molecule is CC(C)CN(CC(C)C(=O)O)C(C)c1ccccc1. The summed E-state index contributed by atoms with van der Waals surface area (Å²) in [6, 6.07) is 10.5. The molecule has 0 fully saturated rings. The van der Waals surface area contributed by atoms with Crippen molar-refractivity contribution in [2.75, 3.05) is 13.1 Å². The second kappa shape index (κ2) is 7.29. The van der Waals surface area contributed by atoms with Crippen LogP contribution in [0.1, 0.15) is 39.3 Å². The molecule has 1 aromatic carbocycles. The Morgan fingerprint density at radius 1 is 1.11 bits per heavy atom. The number of rotatable bonds is 7. The molecule has 2 atom stereocenters. The molecule has 1 rings (SSSR count). The zero-order chi connectivity index (χ0) is 14.4. The lowest BCUT2D eigenvalue weighted by molar-refractivity contribution is -0.142. The first-order chi connectivity index (χ1) is 8.91. The van der Waals surface area contributed by atoms with E-state index in [-0.39, 0.29) is 12.0 Å².